The van der Waals surface area contributed by atoms with Crippen LogP contribution >= 0.6 is 11.3 Å². The number of carbonyl (C=O) groups excluding carboxylic acids is 2. The topological polar surface area (TPSA) is 80.8 Å². The van der Waals surface area contributed by atoms with Gasteiger partial charge in [-0.25, -0.2) is 4.98 Å². The highest BCUT2D eigenvalue weighted by Gasteiger charge is 2.33. The Labute approximate surface area is 185 Å². The fourth-order valence-corrected chi connectivity index (χ4v) is 5.60. The van der Waals surface area contributed by atoms with Crippen LogP contribution in [0.15, 0.2) is 30.5 Å². The van der Waals surface area contributed by atoms with Crippen molar-refractivity contribution in [2.75, 3.05) is 26.3 Å². The van der Waals surface area contributed by atoms with Crippen LogP contribution in [0.25, 0.3) is 0 Å². The molecule has 31 heavy (non-hydrogen) atoms. The van der Waals surface area contributed by atoms with Gasteiger partial charge in [0, 0.05) is 31.7 Å². The molecule has 2 amide bonds. The molecule has 7 nitrogen and oxygen atoms in total. The Hall–Kier alpha value is -2.45. The summed E-state index contributed by atoms with van der Waals surface area (Å²) in [5.41, 5.74) is 1.15. The molecule has 164 valence electrons. The molecule has 5 rings (SSSR count). The molecule has 0 spiro atoms. The first kappa shape index (κ1) is 20.5. The van der Waals surface area contributed by atoms with Gasteiger partial charge >= 0.3 is 0 Å². The van der Waals surface area contributed by atoms with Crippen LogP contribution in [0.2, 0.25) is 0 Å². The smallest absolute Gasteiger partial charge is 0.265 e. The highest BCUT2D eigenvalue weighted by molar-refractivity contribution is 7.13. The van der Waals surface area contributed by atoms with Crippen LogP contribution in [0.4, 0.5) is 0 Å². The maximum absolute atomic E-state index is 13.1. The largest absolute Gasteiger partial charge is 0.480 e. The van der Waals surface area contributed by atoms with Crippen LogP contribution < -0.4 is 10.1 Å². The standard InChI is InChI=1S/C23H27N3O4S/c27-21(19-8-7-15-4-1-2-6-18(15)30-19)24-12-17-5-3-10-26(17)23(28)20-13-25-22(31-20)16-9-11-29-14-16/h1-2,4,6,13,16-17,19H,3,5,7-12,14H2,(H,24,27)/t16?,17-,19?/m1/s1. The molecule has 1 N–H and O–H groups in total. The molecular formula is C23H27N3O4S. The van der Waals surface area contributed by atoms with Crippen LogP contribution in [0.5, 0.6) is 5.75 Å². The summed E-state index contributed by atoms with van der Waals surface area (Å²) in [5, 5.41) is 4.01. The van der Waals surface area contributed by atoms with Crippen LogP contribution in [-0.2, 0) is 16.0 Å². The van der Waals surface area contributed by atoms with Gasteiger partial charge in [-0.2, -0.15) is 0 Å². The lowest BCUT2D eigenvalue weighted by Crippen LogP contribution is -2.47. The van der Waals surface area contributed by atoms with Crippen molar-refractivity contribution in [2.45, 2.75) is 50.2 Å². The van der Waals surface area contributed by atoms with E-state index >= 15 is 0 Å². The molecule has 3 atom stereocenters. The third kappa shape index (κ3) is 4.32. The molecule has 2 unspecified atom stereocenters. The minimum absolute atomic E-state index is 0.00712. The molecule has 8 heteroatoms. The Kier molecular flexibility index (Phi) is 5.91. The van der Waals surface area contributed by atoms with Gasteiger partial charge < -0.3 is 19.7 Å². The van der Waals surface area contributed by atoms with E-state index in [1.807, 2.05) is 29.2 Å². The highest BCUT2D eigenvalue weighted by atomic mass is 32.1. The second-order valence-electron chi connectivity index (χ2n) is 8.42. The lowest BCUT2D eigenvalue weighted by Gasteiger charge is -2.27. The normalized spacial score (nSPS) is 25.2. The molecule has 2 aromatic rings. The maximum Gasteiger partial charge on any atom is 0.265 e. The predicted molar refractivity (Wildman–Crippen MR) is 117 cm³/mol. The lowest BCUT2D eigenvalue weighted by atomic mass is 10.0. The number of aromatic nitrogens is 1. The summed E-state index contributed by atoms with van der Waals surface area (Å²) in [5.74, 6) is 1.01. The number of fused-ring (bicyclic) bond motifs is 1. The van der Waals surface area contributed by atoms with Gasteiger partial charge in [0.25, 0.3) is 11.8 Å². The number of amides is 2. The Morgan fingerprint density at radius 2 is 2.13 bits per heavy atom. The zero-order valence-corrected chi connectivity index (χ0v) is 18.2. The average molecular weight is 442 g/mol. The average Bonchev–Trinajstić information content (AvgIpc) is 3.57. The third-order valence-corrected chi connectivity index (χ3v) is 7.52. The fourth-order valence-electron chi connectivity index (χ4n) is 4.60. The summed E-state index contributed by atoms with van der Waals surface area (Å²) in [6, 6.07) is 7.87. The van der Waals surface area contributed by atoms with Crippen molar-refractivity contribution in [2.24, 2.45) is 0 Å². The van der Waals surface area contributed by atoms with Crippen LogP contribution in [0, 0.1) is 0 Å². The van der Waals surface area contributed by atoms with E-state index in [0.717, 1.165) is 48.6 Å². The van der Waals surface area contributed by atoms with Gasteiger partial charge in [-0.3, -0.25) is 9.59 Å². The zero-order valence-electron chi connectivity index (χ0n) is 17.4. The lowest BCUT2D eigenvalue weighted by molar-refractivity contribution is -0.128. The van der Waals surface area contributed by atoms with Gasteiger partial charge in [-0.1, -0.05) is 18.2 Å². The van der Waals surface area contributed by atoms with Crippen LogP contribution in [-0.4, -0.2) is 60.1 Å². The molecule has 2 fully saturated rings. The van der Waals surface area contributed by atoms with Gasteiger partial charge in [-0.05, 0) is 43.7 Å². The van der Waals surface area contributed by atoms with Crippen molar-refractivity contribution in [1.82, 2.24) is 15.2 Å². The second kappa shape index (κ2) is 8.96. The van der Waals surface area contributed by atoms with E-state index < -0.39 is 6.10 Å². The van der Waals surface area contributed by atoms with Crippen LogP contribution in [0.3, 0.4) is 0 Å². The number of benzene rings is 1. The summed E-state index contributed by atoms with van der Waals surface area (Å²) >= 11 is 1.48. The Morgan fingerprint density at radius 1 is 1.23 bits per heavy atom. The summed E-state index contributed by atoms with van der Waals surface area (Å²) < 4.78 is 11.3. The van der Waals surface area contributed by atoms with E-state index in [0.29, 0.717) is 36.9 Å². The predicted octanol–water partition coefficient (Wildman–Crippen LogP) is 2.76. The molecule has 0 bridgehead atoms. The van der Waals surface area contributed by atoms with Gasteiger partial charge in [-0.15, -0.1) is 11.3 Å². The minimum Gasteiger partial charge on any atom is -0.480 e. The summed E-state index contributed by atoms with van der Waals surface area (Å²) in [4.78, 5) is 32.8. The highest BCUT2D eigenvalue weighted by Crippen LogP contribution is 2.31. The van der Waals surface area contributed by atoms with E-state index in [2.05, 4.69) is 10.3 Å². The molecule has 1 aromatic carbocycles. The van der Waals surface area contributed by atoms with Gasteiger partial charge in [0.2, 0.25) is 0 Å². The SMILES string of the molecule is O=C(NC[C@H]1CCCN1C(=O)c1cnc(C2CCOC2)s1)C1CCc2ccccc2O1. The van der Waals surface area contributed by atoms with Crippen molar-refractivity contribution >= 4 is 23.2 Å². The molecule has 4 heterocycles. The Balaban J connectivity index is 1.17. The number of aryl methyl sites for hydroxylation is 1. The number of carbonyl (C=O) groups is 2. The molecule has 0 saturated carbocycles. The molecule has 3 aliphatic rings. The molecule has 0 radical (unpaired) electrons. The summed E-state index contributed by atoms with van der Waals surface area (Å²) in [6.07, 6.45) is 5.53. The molecular weight excluding hydrogens is 414 g/mol. The van der Waals surface area contributed by atoms with Gasteiger partial charge in [0.1, 0.15) is 10.6 Å². The minimum atomic E-state index is -0.474. The summed E-state index contributed by atoms with van der Waals surface area (Å²) in [7, 11) is 0. The number of ether oxygens (including phenoxy) is 2. The van der Waals surface area contributed by atoms with E-state index in [-0.39, 0.29) is 17.9 Å². The number of likely N-dealkylation sites (tertiary alicyclic amines) is 1. The number of para-hydroxylation sites is 1. The van der Waals surface area contributed by atoms with Gasteiger partial charge in [0.05, 0.1) is 17.8 Å². The van der Waals surface area contributed by atoms with Crippen molar-refractivity contribution in [3.8, 4) is 5.75 Å². The second-order valence-corrected chi connectivity index (χ2v) is 9.48. The van der Waals surface area contributed by atoms with Crippen molar-refractivity contribution < 1.29 is 19.1 Å². The Morgan fingerprint density at radius 3 is 3.00 bits per heavy atom. The molecule has 0 aliphatic carbocycles. The van der Waals surface area contributed by atoms with Gasteiger partial charge in [0.15, 0.2) is 6.10 Å². The number of thiazole rings is 1. The third-order valence-electron chi connectivity index (χ3n) is 6.37. The number of hydrogen-bond donors (Lipinski definition) is 1. The zero-order chi connectivity index (χ0) is 21.2. The van der Waals surface area contributed by atoms with Crippen molar-refractivity contribution in [3.05, 3.63) is 45.9 Å². The van der Waals surface area contributed by atoms with Crippen molar-refractivity contribution in [1.29, 1.82) is 0 Å². The van der Waals surface area contributed by atoms with E-state index in [9.17, 15) is 9.59 Å². The Bertz CT molecular complexity index is 956. The first-order chi connectivity index (χ1) is 15.2. The van der Waals surface area contributed by atoms with E-state index in [1.54, 1.807) is 6.20 Å². The molecule has 2 saturated heterocycles. The van der Waals surface area contributed by atoms with E-state index in [1.165, 1.54) is 11.3 Å². The van der Waals surface area contributed by atoms with Crippen molar-refractivity contribution in [3.63, 3.8) is 0 Å². The monoisotopic (exact) mass is 441 g/mol. The first-order valence-electron chi connectivity index (χ1n) is 11.1. The number of hydrogen-bond acceptors (Lipinski definition) is 6. The van der Waals surface area contributed by atoms with E-state index in [4.69, 9.17) is 9.47 Å². The number of nitrogens with zero attached hydrogens (tertiary/aromatic N) is 2. The first-order valence-corrected chi connectivity index (χ1v) is 11.9. The molecule has 3 aliphatic heterocycles. The maximum atomic E-state index is 13.1. The molecule has 1 aromatic heterocycles. The van der Waals surface area contributed by atoms with Crippen LogP contribution in [0.1, 0.15) is 51.8 Å². The quantitative estimate of drug-likeness (QED) is 0.772. The number of nitrogens with one attached hydrogen (secondary N) is 1. The fraction of sp³-hybridized carbons (Fsp3) is 0.522. The summed E-state index contributed by atoms with van der Waals surface area (Å²) in [6.45, 7) is 2.62. The number of rotatable bonds is 5.